The van der Waals surface area contributed by atoms with Crippen molar-refractivity contribution in [3.05, 3.63) is 29.3 Å². The molecule has 1 saturated heterocycles. The Bertz CT molecular complexity index is 507. The molecular weight excluding hydrogens is 262 g/mol. The van der Waals surface area contributed by atoms with Gasteiger partial charge < -0.3 is 10.2 Å². The summed E-state index contributed by atoms with van der Waals surface area (Å²) in [5.41, 5.74) is 3.22. The van der Waals surface area contributed by atoms with E-state index in [-0.39, 0.29) is 5.91 Å². The second kappa shape index (κ2) is 6.48. The lowest BCUT2D eigenvalue weighted by Gasteiger charge is -2.35. The van der Waals surface area contributed by atoms with E-state index in [9.17, 15) is 4.79 Å². The van der Waals surface area contributed by atoms with Crippen molar-refractivity contribution in [1.82, 2.24) is 9.80 Å². The molecule has 2 heterocycles. The van der Waals surface area contributed by atoms with Gasteiger partial charge in [0.05, 0.1) is 11.3 Å². The number of anilines is 1. The van der Waals surface area contributed by atoms with Crippen molar-refractivity contribution in [2.75, 3.05) is 44.6 Å². The van der Waals surface area contributed by atoms with Gasteiger partial charge in [0.15, 0.2) is 0 Å². The van der Waals surface area contributed by atoms with E-state index >= 15 is 0 Å². The molecule has 0 aliphatic carbocycles. The Morgan fingerprint density at radius 2 is 2.05 bits per heavy atom. The summed E-state index contributed by atoms with van der Waals surface area (Å²) in [7, 11) is 0. The molecule has 2 aliphatic rings. The van der Waals surface area contributed by atoms with E-state index in [4.69, 9.17) is 0 Å². The maximum atomic E-state index is 12.8. The predicted molar refractivity (Wildman–Crippen MR) is 85.9 cm³/mol. The third kappa shape index (κ3) is 3.05. The summed E-state index contributed by atoms with van der Waals surface area (Å²) in [6.45, 7) is 8.03. The van der Waals surface area contributed by atoms with Crippen LogP contribution in [0.25, 0.3) is 0 Å². The normalized spacial score (nSPS) is 19.0. The fourth-order valence-corrected chi connectivity index (χ4v) is 3.35. The molecule has 2 aliphatic heterocycles. The first-order valence-corrected chi connectivity index (χ1v) is 8.17. The van der Waals surface area contributed by atoms with E-state index in [1.165, 1.54) is 12.0 Å². The summed E-state index contributed by atoms with van der Waals surface area (Å²) in [6.07, 6.45) is 3.41. The second-order valence-corrected chi connectivity index (χ2v) is 6.00. The molecule has 0 atom stereocenters. The lowest BCUT2D eigenvalue weighted by molar-refractivity contribution is 0.0638. The molecule has 0 spiro atoms. The lowest BCUT2D eigenvalue weighted by Crippen LogP contribution is -2.48. The van der Waals surface area contributed by atoms with Gasteiger partial charge in [-0.3, -0.25) is 9.69 Å². The van der Waals surface area contributed by atoms with Crippen LogP contribution in [0.5, 0.6) is 0 Å². The molecule has 1 aromatic carbocycles. The van der Waals surface area contributed by atoms with E-state index < -0.39 is 0 Å². The molecule has 1 fully saturated rings. The van der Waals surface area contributed by atoms with E-state index in [1.54, 1.807) is 0 Å². The molecule has 1 aromatic rings. The van der Waals surface area contributed by atoms with Gasteiger partial charge in [-0.25, -0.2) is 0 Å². The first kappa shape index (κ1) is 14.4. The van der Waals surface area contributed by atoms with E-state index in [2.05, 4.69) is 23.2 Å². The molecule has 1 amide bonds. The number of piperazine rings is 1. The van der Waals surface area contributed by atoms with Gasteiger partial charge in [0.1, 0.15) is 0 Å². The number of hydrogen-bond donors (Lipinski definition) is 1. The van der Waals surface area contributed by atoms with Crippen molar-refractivity contribution < 1.29 is 4.79 Å². The number of fused-ring (bicyclic) bond motifs is 1. The van der Waals surface area contributed by atoms with Crippen molar-refractivity contribution in [1.29, 1.82) is 0 Å². The molecule has 4 nitrogen and oxygen atoms in total. The topological polar surface area (TPSA) is 35.6 Å². The zero-order valence-electron chi connectivity index (χ0n) is 12.9. The second-order valence-electron chi connectivity index (χ2n) is 6.00. The monoisotopic (exact) mass is 287 g/mol. The summed E-state index contributed by atoms with van der Waals surface area (Å²) in [6, 6.07) is 6.13. The molecule has 0 saturated carbocycles. The summed E-state index contributed by atoms with van der Waals surface area (Å²) in [5.74, 6) is 0.192. The molecular formula is C17H25N3O. The largest absolute Gasteiger partial charge is 0.384 e. The van der Waals surface area contributed by atoms with E-state index in [0.29, 0.717) is 0 Å². The fourth-order valence-electron chi connectivity index (χ4n) is 3.35. The number of nitrogens with one attached hydrogen (secondary N) is 1. The number of benzene rings is 1. The van der Waals surface area contributed by atoms with Crippen LogP contribution in [0.4, 0.5) is 5.69 Å². The zero-order chi connectivity index (χ0) is 14.7. The minimum absolute atomic E-state index is 0.192. The Balaban J connectivity index is 1.72. The number of carbonyl (C=O) groups is 1. The van der Waals surface area contributed by atoms with E-state index in [0.717, 1.165) is 63.4 Å². The maximum absolute atomic E-state index is 12.8. The molecule has 3 rings (SSSR count). The molecule has 0 radical (unpaired) electrons. The van der Waals surface area contributed by atoms with Crippen LogP contribution >= 0.6 is 0 Å². The van der Waals surface area contributed by atoms with E-state index in [1.807, 2.05) is 17.0 Å². The van der Waals surface area contributed by atoms with Gasteiger partial charge in [-0.2, -0.15) is 0 Å². The number of nitrogens with zero attached hydrogens (tertiary/aromatic N) is 2. The van der Waals surface area contributed by atoms with Crippen molar-refractivity contribution in [3.63, 3.8) is 0 Å². The van der Waals surface area contributed by atoms with Crippen molar-refractivity contribution in [2.24, 2.45) is 0 Å². The SMILES string of the molecule is CCCN1CCN(C(=O)c2cccc3c2NCCC3)CC1. The molecule has 21 heavy (non-hydrogen) atoms. The van der Waals surface area contributed by atoms with Crippen molar-refractivity contribution in [3.8, 4) is 0 Å². The van der Waals surface area contributed by atoms with Gasteiger partial charge in [-0.1, -0.05) is 19.1 Å². The van der Waals surface area contributed by atoms with Gasteiger partial charge in [0, 0.05) is 32.7 Å². The molecule has 0 aromatic heterocycles. The van der Waals surface area contributed by atoms with Crippen LogP contribution in [0.1, 0.15) is 35.7 Å². The number of para-hydroxylation sites is 1. The Morgan fingerprint density at radius 3 is 2.81 bits per heavy atom. The minimum Gasteiger partial charge on any atom is -0.384 e. The van der Waals surface area contributed by atoms with Gasteiger partial charge in [0.2, 0.25) is 0 Å². The molecule has 0 bridgehead atoms. The highest BCUT2D eigenvalue weighted by molar-refractivity contribution is 6.00. The number of carbonyl (C=O) groups excluding carboxylic acids is 1. The van der Waals surface area contributed by atoms with Gasteiger partial charge in [-0.15, -0.1) is 0 Å². The maximum Gasteiger partial charge on any atom is 0.256 e. The number of amides is 1. The summed E-state index contributed by atoms with van der Waals surface area (Å²) in [4.78, 5) is 17.3. The summed E-state index contributed by atoms with van der Waals surface area (Å²) >= 11 is 0. The zero-order valence-corrected chi connectivity index (χ0v) is 12.9. The van der Waals surface area contributed by atoms with Crippen LogP contribution in [0.15, 0.2) is 18.2 Å². The third-order valence-electron chi connectivity index (χ3n) is 4.51. The third-order valence-corrected chi connectivity index (χ3v) is 4.51. The van der Waals surface area contributed by atoms with Crippen LogP contribution in [-0.2, 0) is 6.42 Å². The Labute approximate surface area is 127 Å². The predicted octanol–water partition coefficient (Wildman–Crippen LogP) is 2.21. The van der Waals surface area contributed by atoms with Crippen LogP contribution in [0, 0.1) is 0 Å². The van der Waals surface area contributed by atoms with Gasteiger partial charge >= 0.3 is 0 Å². The van der Waals surface area contributed by atoms with Crippen LogP contribution in [0.2, 0.25) is 0 Å². The summed E-state index contributed by atoms with van der Waals surface area (Å²) in [5, 5.41) is 3.42. The molecule has 1 N–H and O–H groups in total. The minimum atomic E-state index is 0.192. The highest BCUT2D eigenvalue weighted by atomic mass is 16.2. The Morgan fingerprint density at radius 1 is 1.24 bits per heavy atom. The average Bonchev–Trinajstić information content (AvgIpc) is 2.55. The van der Waals surface area contributed by atoms with Crippen LogP contribution in [-0.4, -0.2) is 55.0 Å². The quantitative estimate of drug-likeness (QED) is 0.926. The Hall–Kier alpha value is -1.55. The highest BCUT2D eigenvalue weighted by Crippen LogP contribution is 2.27. The fraction of sp³-hybridized carbons (Fsp3) is 0.588. The number of rotatable bonds is 3. The van der Waals surface area contributed by atoms with Gasteiger partial charge in [0.25, 0.3) is 5.91 Å². The first-order valence-electron chi connectivity index (χ1n) is 8.17. The average molecular weight is 287 g/mol. The lowest BCUT2D eigenvalue weighted by atomic mass is 9.98. The van der Waals surface area contributed by atoms with Crippen molar-refractivity contribution in [2.45, 2.75) is 26.2 Å². The standard InChI is InChI=1S/C17H25N3O/c1-2-9-19-10-12-20(13-11-19)17(21)15-7-3-5-14-6-4-8-18-16(14)15/h3,5,7,18H,2,4,6,8-13H2,1H3. The van der Waals surface area contributed by atoms with Crippen molar-refractivity contribution >= 4 is 11.6 Å². The number of aryl methyl sites for hydroxylation is 1. The molecule has 114 valence electrons. The van der Waals surface area contributed by atoms with Gasteiger partial charge in [-0.05, 0) is 37.4 Å². The highest BCUT2D eigenvalue weighted by Gasteiger charge is 2.25. The Kier molecular flexibility index (Phi) is 4.44. The molecule has 0 unspecified atom stereocenters. The molecule has 4 heteroatoms. The number of hydrogen-bond acceptors (Lipinski definition) is 3. The van der Waals surface area contributed by atoms with Crippen LogP contribution < -0.4 is 5.32 Å². The van der Waals surface area contributed by atoms with Crippen LogP contribution in [0.3, 0.4) is 0 Å². The smallest absolute Gasteiger partial charge is 0.256 e. The summed E-state index contributed by atoms with van der Waals surface area (Å²) < 4.78 is 0. The first-order chi connectivity index (χ1) is 10.3.